The molecule has 0 aliphatic carbocycles. The lowest BCUT2D eigenvalue weighted by molar-refractivity contribution is -0.125. The third-order valence-electron chi connectivity index (χ3n) is 3.86. The number of furan rings is 1. The maximum atomic E-state index is 12.5. The molecule has 1 aromatic carbocycles. The van der Waals surface area contributed by atoms with Crippen molar-refractivity contribution < 1.29 is 22.7 Å². The van der Waals surface area contributed by atoms with E-state index >= 15 is 0 Å². The number of likely N-dealkylation sites (tertiary alicyclic amines) is 1. The van der Waals surface area contributed by atoms with Crippen LogP contribution in [0, 0.1) is 0 Å². The molecular weight excluding hydrogens is 330 g/mol. The molecule has 0 atom stereocenters. The molecule has 0 saturated carbocycles. The quantitative estimate of drug-likeness (QED) is 0.678. The normalized spacial score (nSPS) is 17.4. The van der Waals surface area contributed by atoms with Crippen molar-refractivity contribution in [1.82, 2.24) is 4.90 Å². The molecule has 7 heteroatoms. The van der Waals surface area contributed by atoms with Gasteiger partial charge < -0.3 is 14.4 Å². The van der Waals surface area contributed by atoms with Crippen molar-refractivity contribution in [2.75, 3.05) is 12.8 Å². The Morgan fingerprint density at radius 3 is 2.54 bits per heavy atom. The first-order valence-electron chi connectivity index (χ1n) is 7.42. The highest BCUT2D eigenvalue weighted by Crippen LogP contribution is 2.28. The highest BCUT2D eigenvalue weighted by atomic mass is 32.2. The molecule has 3 rings (SSSR count). The maximum absolute atomic E-state index is 12.5. The number of benzene rings is 1. The zero-order valence-corrected chi connectivity index (χ0v) is 13.9. The molecule has 6 nitrogen and oxygen atoms in total. The van der Waals surface area contributed by atoms with Crippen LogP contribution >= 0.6 is 0 Å². The molecule has 2 heterocycles. The lowest BCUT2D eigenvalue weighted by Crippen LogP contribution is -2.24. The van der Waals surface area contributed by atoms with Crippen LogP contribution in [0.25, 0.3) is 5.76 Å². The number of hydrogen-bond acceptors (Lipinski definition) is 5. The molecule has 0 unspecified atom stereocenters. The zero-order chi connectivity index (χ0) is 17.3. The Hall–Kier alpha value is -2.54. The second-order valence-corrected chi connectivity index (χ2v) is 7.63. The summed E-state index contributed by atoms with van der Waals surface area (Å²) in [5.74, 6) is -0.584. The van der Waals surface area contributed by atoms with Crippen LogP contribution in [0.1, 0.15) is 17.7 Å². The Morgan fingerprint density at radius 1 is 1.21 bits per heavy atom. The molecule has 1 N–H and O–H groups in total. The number of nitrogens with zero attached hydrogens (tertiary/aromatic N) is 1. The minimum atomic E-state index is -3.50. The van der Waals surface area contributed by atoms with E-state index in [1.165, 1.54) is 12.1 Å². The number of aliphatic hydroxyl groups is 1. The number of sulfone groups is 1. The third kappa shape index (κ3) is 3.21. The predicted octanol–water partition coefficient (Wildman–Crippen LogP) is 2.38. The van der Waals surface area contributed by atoms with Gasteiger partial charge in [-0.15, -0.1) is 0 Å². The third-order valence-corrected chi connectivity index (χ3v) is 4.81. The molecule has 2 aromatic rings. The van der Waals surface area contributed by atoms with Crippen molar-refractivity contribution in [1.29, 1.82) is 0 Å². The summed E-state index contributed by atoms with van der Waals surface area (Å²) in [7, 11) is -3.50. The van der Waals surface area contributed by atoms with Crippen molar-refractivity contribution in [3.8, 4) is 0 Å². The summed E-state index contributed by atoms with van der Waals surface area (Å²) >= 11 is 0. The van der Waals surface area contributed by atoms with E-state index in [1.54, 1.807) is 4.90 Å². The fraction of sp³-hybridized carbons (Fsp3) is 0.235. The summed E-state index contributed by atoms with van der Waals surface area (Å²) in [4.78, 5) is 14.1. The molecule has 1 saturated heterocycles. The average Bonchev–Trinajstić information content (AvgIpc) is 3.16. The summed E-state index contributed by atoms with van der Waals surface area (Å²) in [5.41, 5.74) is 1.24. The first-order valence-corrected chi connectivity index (χ1v) is 9.31. The molecule has 0 radical (unpaired) electrons. The van der Waals surface area contributed by atoms with Gasteiger partial charge in [0.2, 0.25) is 14.9 Å². The van der Waals surface area contributed by atoms with Crippen LogP contribution in [0.4, 0.5) is 0 Å². The molecule has 1 aromatic heterocycles. The Bertz CT molecular complexity index is 896. The van der Waals surface area contributed by atoms with Crippen molar-refractivity contribution >= 4 is 21.5 Å². The first-order chi connectivity index (χ1) is 11.4. The molecule has 126 valence electrons. The second-order valence-electron chi connectivity index (χ2n) is 5.68. The Kier molecular flexibility index (Phi) is 4.19. The average molecular weight is 347 g/mol. The van der Waals surface area contributed by atoms with Crippen LogP contribution in [0.5, 0.6) is 0 Å². The summed E-state index contributed by atoms with van der Waals surface area (Å²) in [6.07, 6.45) is 1.40. The van der Waals surface area contributed by atoms with Crippen LogP contribution in [-0.4, -0.2) is 37.1 Å². The summed E-state index contributed by atoms with van der Waals surface area (Å²) < 4.78 is 28.0. The Labute approximate surface area is 139 Å². The molecule has 1 aliphatic heterocycles. The topological polar surface area (TPSA) is 87.8 Å². The first kappa shape index (κ1) is 16.3. The number of hydrogen-bond donors (Lipinski definition) is 1. The van der Waals surface area contributed by atoms with Gasteiger partial charge in [-0.3, -0.25) is 4.79 Å². The van der Waals surface area contributed by atoms with Gasteiger partial charge in [0, 0.05) is 19.3 Å². The number of aliphatic hydroxyl groups excluding tert-OH is 1. The standard InChI is InChI=1S/C17H17NO5S/c1-24(21,22)15-8-7-14(23-15)16(19)13-9-10-18(17(13)20)11-12-5-3-2-4-6-12/h2-8,19H,9-11H2,1H3/b16-13+. The summed E-state index contributed by atoms with van der Waals surface area (Å²) in [6.45, 7) is 0.954. The summed E-state index contributed by atoms with van der Waals surface area (Å²) in [6, 6.07) is 12.2. The zero-order valence-electron chi connectivity index (χ0n) is 13.1. The number of carbonyl (C=O) groups excluding carboxylic acids is 1. The largest absolute Gasteiger partial charge is 0.504 e. The Morgan fingerprint density at radius 2 is 1.92 bits per heavy atom. The van der Waals surface area contributed by atoms with Gasteiger partial charge in [-0.25, -0.2) is 8.42 Å². The van der Waals surface area contributed by atoms with Crippen molar-refractivity contribution in [2.45, 2.75) is 18.1 Å². The number of rotatable bonds is 4. The number of carbonyl (C=O) groups is 1. The van der Waals surface area contributed by atoms with Gasteiger partial charge >= 0.3 is 0 Å². The lowest BCUT2D eigenvalue weighted by atomic mass is 10.1. The lowest BCUT2D eigenvalue weighted by Gasteiger charge is -2.15. The molecular formula is C17H17NO5S. The van der Waals surface area contributed by atoms with E-state index in [4.69, 9.17) is 4.42 Å². The van der Waals surface area contributed by atoms with Gasteiger partial charge in [0.15, 0.2) is 11.5 Å². The van der Waals surface area contributed by atoms with Crippen molar-refractivity contribution in [3.63, 3.8) is 0 Å². The van der Waals surface area contributed by atoms with Gasteiger partial charge in [0.05, 0.1) is 5.57 Å². The predicted molar refractivity (Wildman–Crippen MR) is 87.8 cm³/mol. The molecule has 1 aliphatic rings. The van der Waals surface area contributed by atoms with E-state index < -0.39 is 9.84 Å². The fourth-order valence-corrected chi connectivity index (χ4v) is 3.17. The van der Waals surface area contributed by atoms with Crippen LogP contribution in [0.15, 0.2) is 57.5 Å². The molecule has 0 spiro atoms. The van der Waals surface area contributed by atoms with E-state index in [-0.39, 0.29) is 28.1 Å². The summed E-state index contributed by atoms with van der Waals surface area (Å²) in [5, 5.41) is 10.1. The van der Waals surface area contributed by atoms with E-state index in [2.05, 4.69) is 0 Å². The van der Waals surface area contributed by atoms with Gasteiger partial charge in [-0.05, 0) is 24.1 Å². The van der Waals surface area contributed by atoms with Crippen molar-refractivity contribution in [3.05, 3.63) is 59.4 Å². The van der Waals surface area contributed by atoms with E-state index in [0.29, 0.717) is 19.5 Å². The van der Waals surface area contributed by atoms with Gasteiger partial charge in [-0.1, -0.05) is 30.3 Å². The van der Waals surface area contributed by atoms with E-state index in [9.17, 15) is 18.3 Å². The smallest absolute Gasteiger partial charge is 0.254 e. The minimum Gasteiger partial charge on any atom is -0.504 e. The maximum Gasteiger partial charge on any atom is 0.254 e. The van der Waals surface area contributed by atoms with Crippen LogP contribution < -0.4 is 0 Å². The minimum absolute atomic E-state index is 0.0136. The second kappa shape index (κ2) is 6.16. The van der Waals surface area contributed by atoms with Crippen LogP contribution in [0.2, 0.25) is 0 Å². The van der Waals surface area contributed by atoms with Crippen LogP contribution in [-0.2, 0) is 21.2 Å². The molecule has 1 amide bonds. The Balaban J connectivity index is 1.83. The van der Waals surface area contributed by atoms with E-state index in [1.807, 2.05) is 30.3 Å². The van der Waals surface area contributed by atoms with Crippen LogP contribution in [0.3, 0.4) is 0 Å². The molecule has 1 fully saturated rings. The fourth-order valence-electron chi connectivity index (χ4n) is 2.62. The number of amides is 1. The molecule has 24 heavy (non-hydrogen) atoms. The highest BCUT2D eigenvalue weighted by Gasteiger charge is 2.30. The van der Waals surface area contributed by atoms with Crippen molar-refractivity contribution in [2.24, 2.45) is 0 Å². The monoisotopic (exact) mass is 347 g/mol. The van der Waals surface area contributed by atoms with Gasteiger partial charge in [-0.2, -0.15) is 0 Å². The highest BCUT2D eigenvalue weighted by molar-refractivity contribution is 7.90. The van der Waals surface area contributed by atoms with E-state index in [0.717, 1.165) is 11.8 Å². The van der Waals surface area contributed by atoms with Gasteiger partial charge in [0.1, 0.15) is 0 Å². The SMILES string of the molecule is CS(=O)(=O)c1ccc(/C(O)=C2/CCN(Cc3ccccc3)C2=O)o1. The molecule has 0 bridgehead atoms. The van der Waals surface area contributed by atoms with Gasteiger partial charge in [0.25, 0.3) is 5.91 Å².